The highest BCUT2D eigenvalue weighted by Gasteiger charge is 2.25. The standard InChI is InChI=1S/C14H20N2O2S/c1-10-9-16(6-7-19-10)14(18)13(15)8-11-2-4-12(17)5-3-11/h2-5,10,13,17H,6-9,15H2,1H3/t10?,13-/m1/s1. The van der Waals surface area contributed by atoms with Gasteiger partial charge in [-0.15, -0.1) is 0 Å². The number of aromatic hydroxyl groups is 1. The number of rotatable bonds is 3. The van der Waals surface area contributed by atoms with Crippen molar-refractivity contribution in [3.63, 3.8) is 0 Å². The molecule has 0 spiro atoms. The fraction of sp³-hybridized carbons (Fsp3) is 0.500. The molecule has 1 aliphatic rings. The van der Waals surface area contributed by atoms with Crippen molar-refractivity contribution < 1.29 is 9.90 Å². The number of phenols is 1. The Hall–Kier alpha value is -1.20. The number of hydrogen-bond donors (Lipinski definition) is 2. The summed E-state index contributed by atoms with van der Waals surface area (Å²) in [4.78, 5) is 14.1. The topological polar surface area (TPSA) is 66.6 Å². The van der Waals surface area contributed by atoms with E-state index in [1.165, 1.54) is 0 Å². The van der Waals surface area contributed by atoms with E-state index < -0.39 is 6.04 Å². The first-order valence-corrected chi connectivity index (χ1v) is 7.55. The van der Waals surface area contributed by atoms with Gasteiger partial charge in [0.1, 0.15) is 5.75 Å². The van der Waals surface area contributed by atoms with E-state index in [1.54, 1.807) is 24.3 Å². The number of nitrogens with two attached hydrogens (primary N) is 1. The number of amides is 1. The molecule has 4 nitrogen and oxygen atoms in total. The lowest BCUT2D eigenvalue weighted by Crippen LogP contribution is -2.49. The van der Waals surface area contributed by atoms with Gasteiger partial charge in [-0.1, -0.05) is 19.1 Å². The molecule has 3 N–H and O–H groups in total. The molecule has 1 fully saturated rings. The highest BCUT2D eigenvalue weighted by atomic mass is 32.2. The van der Waals surface area contributed by atoms with Gasteiger partial charge in [-0.2, -0.15) is 11.8 Å². The molecular formula is C14H20N2O2S. The van der Waals surface area contributed by atoms with E-state index in [0.29, 0.717) is 11.7 Å². The van der Waals surface area contributed by atoms with Gasteiger partial charge in [0.05, 0.1) is 6.04 Å². The van der Waals surface area contributed by atoms with Crippen LogP contribution in [0.2, 0.25) is 0 Å². The van der Waals surface area contributed by atoms with E-state index in [1.807, 2.05) is 16.7 Å². The maximum absolute atomic E-state index is 12.3. The largest absolute Gasteiger partial charge is 0.508 e. The van der Waals surface area contributed by atoms with Gasteiger partial charge < -0.3 is 15.7 Å². The van der Waals surface area contributed by atoms with Crippen molar-refractivity contribution in [1.82, 2.24) is 4.90 Å². The summed E-state index contributed by atoms with van der Waals surface area (Å²) in [7, 11) is 0. The molecule has 104 valence electrons. The zero-order chi connectivity index (χ0) is 13.8. The van der Waals surface area contributed by atoms with Crippen molar-refractivity contribution in [1.29, 1.82) is 0 Å². The summed E-state index contributed by atoms with van der Waals surface area (Å²) in [5.74, 6) is 1.24. The van der Waals surface area contributed by atoms with E-state index in [4.69, 9.17) is 5.73 Å². The van der Waals surface area contributed by atoms with Gasteiger partial charge in [-0.25, -0.2) is 0 Å². The van der Waals surface area contributed by atoms with Crippen LogP contribution in [0.5, 0.6) is 5.75 Å². The van der Waals surface area contributed by atoms with Gasteiger partial charge >= 0.3 is 0 Å². The molecule has 1 heterocycles. The Morgan fingerprint density at radius 2 is 2.21 bits per heavy atom. The second-order valence-corrected chi connectivity index (χ2v) is 6.49. The molecule has 1 aliphatic heterocycles. The number of hydrogen-bond acceptors (Lipinski definition) is 4. The van der Waals surface area contributed by atoms with Crippen molar-refractivity contribution in [3.05, 3.63) is 29.8 Å². The number of phenolic OH excluding ortho intramolecular Hbond substituents is 1. The molecule has 5 heteroatoms. The molecule has 0 bridgehead atoms. The molecule has 1 aromatic carbocycles. The maximum atomic E-state index is 12.3. The van der Waals surface area contributed by atoms with Crippen LogP contribution in [0.25, 0.3) is 0 Å². The molecule has 1 aromatic rings. The maximum Gasteiger partial charge on any atom is 0.239 e. The second-order valence-electron chi connectivity index (χ2n) is 4.94. The average molecular weight is 280 g/mol. The van der Waals surface area contributed by atoms with Crippen LogP contribution in [0.15, 0.2) is 24.3 Å². The molecule has 1 saturated heterocycles. The minimum absolute atomic E-state index is 0.0280. The van der Waals surface area contributed by atoms with Crippen LogP contribution in [-0.2, 0) is 11.2 Å². The first kappa shape index (κ1) is 14.2. The van der Waals surface area contributed by atoms with Crippen LogP contribution >= 0.6 is 11.8 Å². The Morgan fingerprint density at radius 3 is 2.84 bits per heavy atom. The minimum atomic E-state index is -0.500. The summed E-state index contributed by atoms with van der Waals surface area (Å²) in [5, 5.41) is 9.71. The van der Waals surface area contributed by atoms with Crippen LogP contribution in [0.3, 0.4) is 0 Å². The van der Waals surface area contributed by atoms with Crippen molar-refractivity contribution >= 4 is 17.7 Å². The van der Waals surface area contributed by atoms with Crippen LogP contribution in [0.1, 0.15) is 12.5 Å². The number of carbonyl (C=O) groups excluding carboxylic acids is 1. The average Bonchev–Trinajstić information content (AvgIpc) is 2.40. The number of carbonyl (C=O) groups is 1. The third kappa shape index (κ3) is 3.88. The van der Waals surface area contributed by atoms with Crippen molar-refractivity contribution in [3.8, 4) is 5.75 Å². The summed E-state index contributed by atoms with van der Waals surface area (Å²) in [5.41, 5.74) is 6.97. The van der Waals surface area contributed by atoms with Gasteiger partial charge in [-0.3, -0.25) is 4.79 Å². The summed E-state index contributed by atoms with van der Waals surface area (Å²) in [6.07, 6.45) is 0.511. The first-order valence-electron chi connectivity index (χ1n) is 6.50. The molecule has 19 heavy (non-hydrogen) atoms. The van der Waals surface area contributed by atoms with Gasteiger partial charge in [-0.05, 0) is 24.1 Å². The Bertz CT molecular complexity index is 436. The Balaban J connectivity index is 1.93. The fourth-order valence-corrected chi connectivity index (χ4v) is 3.24. The molecule has 0 radical (unpaired) electrons. The zero-order valence-electron chi connectivity index (χ0n) is 11.1. The Kier molecular flexibility index (Phi) is 4.71. The predicted octanol–water partition coefficient (Wildman–Crippen LogP) is 1.23. The normalized spacial score (nSPS) is 21.2. The Morgan fingerprint density at radius 1 is 1.53 bits per heavy atom. The molecule has 0 saturated carbocycles. The van der Waals surface area contributed by atoms with Gasteiger partial charge in [0.2, 0.25) is 5.91 Å². The lowest BCUT2D eigenvalue weighted by atomic mass is 10.1. The van der Waals surface area contributed by atoms with Gasteiger partial charge in [0.15, 0.2) is 0 Å². The van der Waals surface area contributed by atoms with Gasteiger partial charge in [0.25, 0.3) is 0 Å². The Labute approximate surface area is 118 Å². The fourth-order valence-electron chi connectivity index (χ4n) is 2.23. The third-order valence-electron chi connectivity index (χ3n) is 3.26. The quantitative estimate of drug-likeness (QED) is 0.874. The lowest BCUT2D eigenvalue weighted by Gasteiger charge is -2.32. The number of benzene rings is 1. The monoisotopic (exact) mass is 280 g/mol. The van der Waals surface area contributed by atoms with Crippen molar-refractivity contribution in [2.45, 2.75) is 24.6 Å². The van der Waals surface area contributed by atoms with Gasteiger partial charge in [0, 0.05) is 24.1 Å². The van der Waals surface area contributed by atoms with Crippen LogP contribution in [-0.4, -0.2) is 46.0 Å². The van der Waals surface area contributed by atoms with E-state index >= 15 is 0 Å². The molecule has 1 unspecified atom stereocenters. The molecule has 0 aliphatic carbocycles. The van der Waals surface area contributed by atoms with E-state index in [-0.39, 0.29) is 11.7 Å². The SMILES string of the molecule is CC1CN(C(=O)[C@H](N)Cc2ccc(O)cc2)CCS1. The van der Waals surface area contributed by atoms with E-state index in [0.717, 1.165) is 24.4 Å². The molecule has 2 rings (SSSR count). The van der Waals surface area contributed by atoms with E-state index in [9.17, 15) is 9.90 Å². The summed E-state index contributed by atoms with van der Waals surface area (Å²) < 4.78 is 0. The molecular weight excluding hydrogens is 260 g/mol. The summed E-state index contributed by atoms with van der Waals surface area (Å²) in [6, 6.07) is 6.34. The molecule has 0 aromatic heterocycles. The lowest BCUT2D eigenvalue weighted by molar-refractivity contribution is -0.132. The number of thioether (sulfide) groups is 1. The van der Waals surface area contributed by atoms with Crippen LogP contribution in [0, 0.1) is 0 Å². The smallest absolute Gasteiger partial charge is 0.239 e. The second kappa shape index (κ2) is 6.30. The third-order valence-corrected chi connectivity index (χ3v) is 4.40. The summed E-state index contributed by atoms with van der Waals surface area (Å²) in [6.45, 7) is 3.71. The number of nitrogens with zero attached hydrogens (tertiary/aromatic N) is 1. The van der Waals surface area contributed by atoms with Crippen LogP contribution < -0.4 is 5.73 Å². The first-order chi connectivity index (χ1) is 9.06. The zero-order valence-corrected chi connectivity index (χ0v) is 11.9. The van der Waals surface area contributed by atoms with Crippen LogP contribution in [0.4, 0.5) is 0 Å². The van der Waals surface area contributed by atoms with E-state index in [2.05, 4.69) is 6.92 Å². The van der Waals surface area contributed by atoms with Crippen molar-refractivity contribution in [2.75, 3.05) is 18.8 Å². The predicted molar refractivity (Wildman–Crippen MR) is 78.3 cm³/mol. The summed E-state index contributed by atoms with van der Waals surface area (Å²) >= 11 is 1.89. The molecule has 2 atom stereocenters. The minimum Gasteiger partial charge on any atom is -0.508 e. The highest BCUT2D eigenvalue weighted by molar-refractivity contribution is 7.99. The highest BCUT2D eigenvalue weighted by Crippen LogP contribution is 2.19. The van der Waals surface area contributed by atoms with Crippen molar-refractivity contribution in [2.24, 2.45) is 5.73 Å². The molecule has 1 amide bonds.